The van der Waals surface area contributed by atoms with Crippen LogP contribution in [0.2, 0.25) is 0 Å². The first-order valence-electron chi connectivity index (χ1n) is 3.04. The highest BCUT2D eigenvalue weighted by Crippen LogP contribution is 2.08. The summed E-state index contributed by atoms with van der Waals surface area (Å²) in [6, 6.07) is 3.99. The Kier molecular flexibility index (Phi) is 2.57. The van der Waals surface area contributed by atoms with Crippen LogP contribution in [-0.2, 0) is 0 Å². The van der Waals surface area contributed by atoms with Gasteiger partial charge in [-0.1, -0.05) is 11.9 Å². The van der Waals surface area contributed by atoms with Crippen molar-refractivity contribution in [3.05, 3.63) is 23.9 Å². The maximum absolute atomic E-state index is 4.10. The van der Waals surface area contributed by atoms with Crippen LogP contribution < -0.4 is 4.72 Å². The number of nitrogens with one attached hydrogen (secondary N) is 1. The zero-order chi connectivity index (χ0) is 7.40. The van der Waals surface area contributed by atoms with Gasteiger partial charge in [0.15, 0.2) is 0 Å². The third-order valence-corrected chi connectivity index (χ3v) is 1.54. The number of aryl methyl sites for hydroxylation is 1. The monoisotopic (exact) mass is 154 g/mol. The molecule has 0 radical (unpaired) electrons. The Labute approximate surface area is 65.2 Å². The lowest BCUT2D eigenvalue weighted by Crippen LogP contribution is -1.88. The summed E-state index contributed by atoms with van der Waals surface area (Å²) >= 11 is 1.55. The van der Waals surface area contributed by atoms with Crippen molar-refractivity contribution in [2.75, 3.05) is 11.0 Å². The number of aromatic nitrogens is 1. The Morgan fingerprint density at radius 2 is 2.40 bits per heavy atom. The predicted octanol–water partition coefficient (Wildman–Crippen LogP) is 2.08. The standard InChI is InChI=1S/C7H10N2S/c1-6-3-4-8-7(5-6)9-10-2/h3-5H,1-2H3,(H,8,9). The summed E-state index contributed by atoms with van der Waals surface area (Å²) in [7, 11) is 0. The van der Waals surface area contributed by atoms with E-state index in [-0.39, 0.29) is 0 Å². The minimum atomic E-state index is 0.924. The van der Waals surface area contributed by atoms with E-state index in [1.807, 2.05) is 25.3 Å². The average Bonchev–Trinajstić information content (AvgIpc) is 1.88. The molecule has 0 fully saturated rings. The van der Waals surface area contributed by atoms with Crippen molar-refractivity contribution in [1.29, 1.82) is 0 Å². The SMILES string of the molecule is CSNc1cc(C)ccn1. The predicted molar refractivity (Wildman–Crippen MR) is 46.1 cm³/mol. The maximum atomic E-state index is 4.10. The van der Waals surface area contributed by atoms with Gasteiger partial charge in [0.1, 0.15) is 5.82 Å². The summed E-state index contributed by atoms with van der Waals surface area (Å²) in [6.45, 7) is 2.05. The molecule has 1 aromatic heterocycles. The number of pyridine rings is 1. The van der Waals surface area contributed by atoms with Crippen molar-refractivity contribution >= 4 is 17.8 Å². The largest absolute Gasteiger partial charge is 0.315 e. The molecule has 0 aliphatic carbocycles. The second kappa shape index (κ2) is 3.46. The Hall–Kier alpha value is -0.700. The van der Waals surface area contributed by atoms with Crippen LogP contribution in [0.15, 0.2) is 18.3 Å². The molecule has 1 rings (SSSR count). The molecule has 0 saturated heterocycles. The van der Waals surface area contributed by atoms with Crippen LogP contribution in [0.4, 0.5) is 5.82 Å². The quantitative estimate of drug-likeness (QED) is 0.660. The summed E-state index contributed by atoms with van der Waals surface area (Å²) in [4.78, 5) is 4.10. The molecule has 54 valence electrons. The second-order valence-corrected chi connectivity index (χ2v) is 2.64. The molecule has 0 saturated carbocycles. The van der Waals surface area contributed by atoms with Crippen molar-refractivity contribution in [1.82, 2.24) is 4.98 Å². The normalized spacial score (nSPS) is 9.40. The molecule has 10 heavy (non-hydrogen) atoms. The molecule has 0 unspecified atom stereocenters. The Bertz CT molecular complexity index is 213. The van der Waals surface area contributed by atoms with E-state index in [1.54, 1.807) is 18.1 Å². The fraction of sp³-hybridized carbons (Fsp3) is 0.286. The first kappa shape index (κ1) is 7.41. The number of hydrogen-bond acceptors (Lipinski definition) is 3. The fourth-order valence-electron chi connectivity index (χ4n) is 0.697. The minimum Gasteiger partial charge on any atom is -0.315 e. The third-order valence-electron chi connectivity index (χ3n) is 1.12. The highest BCUT2D eigenvalue weighted by atomic mass is 32.2. The molecular formula is C7H10N2S. The molecule has 0 aromatic carbocycles. The van der Waals surface area contributed by atoms with Gasteiger partial charge in [-0.05, 0) is 24.6 Å². The van der Waals surface area contributed by atoms with E-state index < -0.39 is 0 Å². The number of rotatable bonds is 2. The molecule has 0 aliphatic rings. The summed E-state index contributed by atoms with van der Waals surface area (Å²) in [5.74, 6) is 0.924. The first-order chi connectivity index (χ1) is 4.83. The lowest BCUT2D eigenvalue weighted by molar-refractivity contribution is 1.29. The highest BCUT2D eigenvalue weighted by Gasteiger charge is 1.89. The smallest absolute Gasteiger partial charge is 0.136 e. The molecule has 2 nitrogen and oxygen atoms in total. The van der Waals surface area contributed by atoms with Crippen molar-refractivity contribution < 1.29 is 0 Å². The van der Waals surface area contributed by atoms with Crippen molar-refractivity contribution in [3.63, 3.8) is 0 Å². The molecule has 1 N–H and O–H groups in total. The third kappa shape index (κ3) is 1.92. The van der Waals surface area contributed by atoms with Crippen molar-refractivity contribution in [2.24, 2.45) is 0 Å². The molecule has 0 aliphatic heterocycles. The van der Waals surface area contributed by atoms with E-state index in [0.29, 0.717) is 0 Å². The molecule has 0 atom stereocenters. The highest BCUT2D eigenvalue weighted by molar-refractivity contribution is 7.99. The topological polar surface area (TPSA) is 24.9 Å². The van der Waals surface area contributed by atoms with Gasteiger partial charge in [0.2, 0.25) is 0 Å². The van der Waals surface area contributed by atoms with Crippen LogP contribution in [0, 0.1) is 6.92 Å². The Morgan fingerprint density at radius 1 is 1.60 bits per heavy atom. The van der Waals surface area contributed by atoms with Crippen LogP contribution in [0.3, 0.4) is 0 Å². The molecule has 0 bridgehead atoms. The van der Waals surface area contributed by atoms with E-state index in [1.165, 1.54) is 5.56 Å². The van der Waals surface area contributed by atoms with Crippen LogP contribution in [0.1, 0.15) is 5.56 Å². The first-order valence-corrected chi connectivity index (χ1v) is 4.27. The molecule has 1 aromatic rings. The van der Waals surface area contributed by atoms with Crippen LogP contribution in [0.5, 0.6) is 0 Å². The van der Waals surface area contributed by atoms with Gasteiger partial charge in [-0.2, -0.15) is 0 Å². The number of anilines is 1. The van der Waals surface area contributed by atoms with E-state index in [2.05, 4.69) is 9.71 Å². The van der Waals surface area contributed by atoms with Crippen LogP contribution in [-0.4, -0.2) is 11.2 Å². The summed E-state index contributed by atoms with van der Waals surface area (Å²) < 4.78 is 3.05. The van der Waals surface area contributed by atoms with E-state index in [4.69, 9.17) is 0 Å². The van der Waals surface area contributed by atoms with Gasteiger partial charge in [-0.15, -0.1) is 0 Å². The molecular weight excluding hydrogens is 144 g/mol. The minimum absolute atomic E-state index is 0.924. The number of nitrogens with zero attached hydrogens (tertiary/aromatic N) is 1. The molecule has 3 heteroatoms. The van der Waals surface area contributed by atoms with Gasteiger partial charge < -0.3 is 4.72 Å². The van der Waals surface area contributed by atoms with Crippen molar-refractivity contribution in [3.8, 4) is 0 Å². The van der Waals surface area contributed by atoms with E-state index in [0.717, 1.165) is 5.82 Å². The Balaban J connectivity index is 2.75. The zero-order valence-electron chi connectivity index (χ0n) is 6.09. The molecule has 1 heterocycles. The van der Waals surface area contributed by atoms with Gasteiger partial charge >= 0.3 is 0 Å². The van der Waals surface area contributed by atoms with Crippen LogP contribution in [0.25, 0.3) is 0 Å². The average molecular weight is 154 g/mol. The van der Waals surface area contributed by atoms with E-state index >= 15 is 0 Å². The van der Waals surface area contributed by atoms with Gasteiger partial charge in [0.25, 0.3) is 0 Å². The van der Waals surface area contributed by atoms with Gasteiger partial charge in [-0.3, -0.25) is 0 Å². The van der Waals surface area contributed by atoms with Gasteiger partial charge in [0, 0.05) is 12.5 Å². The zero-order valence-corrected chi connectivity index (χ0v) is 6.90. The Morgan fingerprint density at radius 3 is 3.00 bits per heavy atom. The van der Waals surface area contributed by atoms with Gasteiger partial charge in [0.05, 0.1) is 0 Å². The second-order valence-electron chi connectivity index (χ2n) is 2.02. The summed E-state index contributed by atoms with van der Waals surface area (Å²) in [6.07, 6.45) is 3.78. The van der Waals surface area contributed by atoms with Gasteiger partial charge in [-0.25, -0.2) is 4.98 Å². The van der Waals surface area contributed by atoms with Crippen molar-refractivity contribution in [2.45, 2.75) is 6.92 Å². The van der Waals surface area contributed by atoms with Crippen LogP contribution >= 0.6 is 11.9 Å². The number of hydrogen-bond donors (Lipinski definition) is 1. The van der Waals surface area contributed by atoms with E-state index in [9.17, 15) is 0 Å². The maximum Gasteiger partial charge on any atom is 0.136 e. The lowest BCUT2D eigenvalue weighted by atomic mass is 10.3. The summed E-state index contributed by atoms with van der Waals surface area (Å²) in [5, 5.41) is 0. The molecule has 0 spiro atoms. The molecule has 0 amide bonds. The lowest BCUT2D eigenvalue weighted by Gasteiger charge is -1.99. The summed E-state index contributed by atoms with van der Waals surface area (Å²) in [5.41, 5.74) is 1.23. The fourth-order valence-corrected chi connectivity index (χ4v) is 1.02.